The third-order valence-corrected chi connectivity index (χ3v) is 11.3. The zero-order valence-corrected chi connectivity index (χ0v) is 31.1. The normalized spacial score (nSPS) is 11.9. The van der Waals surface area contributed by atoms with E-state index in [4.69, 9.17) is 23.8 Å². The van der Waals surface area contributed by atoms with Crippen molar-refractivity contribution in [3.05, 3.63) is 193 Å². The van der Waals surface area contributed by atoms with E-state index >= 15 is 0 Å². The van der Waals surface area contributed by atoms with Crippen molar-refractivity contribution in [3.63, 3.8) is 0 Å². The van der Waals surface area contributed by atoms with Crippen molar-refractivity contribution in [2.45, 2.75) is 6.42 Å². The molecule has 0 spiro atoms. The molecule has 0 aliphatic heterocycles. The molecule has 0 N–H and O–H groups in total. The van der Waals surface area contributed by atoms with E-state index < -0.39 is 0 Å². The van der Waals surface area contributed by atoms with Crippen LogP contribution in [-0.2, 0) is 6.42 Å². The van der Waals surface area contributed by atoms with Gasteiger partial charge in [0.15, 0.2) is 11.6 Å². The highest BCUT2D eigenvalue weighted by Crippen LogP contribution is 2.39. The van der Waals surface area contributed by atoms with Gasteiger partial charge in [0.05, 0.1) is 11.0 Å². The van der Waals surface area contributed by atoms with Crippen LogP contribution in [0.25, 0.3) is 105 Å². The molecule has 0 fully saturated rings. The standard InChI is InChI=1S/C52H32N4O2/c1-3-13-32(14-4-1)51-53-48(54-52(55-51)39-20-12-24-47-50(39)38-19-8-10-22-44(38)57-47)31-35-15-11-23-46-49(35)41-30-34(26-28-45(41)58-46)33-25-27-43-40(29-33)37-18-7-9-21-42(37)56(43)36-16-5-2-6-17-36/h1-30H,31H2. The van der Waals surface area contributed by atoms with Gasteiger partial charge in [-0.2, -0.15) is 0 Å². The van der Waals surface area contributed by atoms with Crippen LogP contribution in [0.1, 0.15) is 11.4 Å². The molecule has 0 saturated heterocycles. The average molecular weight is 745 g/mol. The first-order valence-corrected chi connectivity index (χ1v) is 19.5. The molecule has 272 valence electrons. The molecule has 4 aromatic heterocycles. The zero-order chi connectivity index (χ0) is 38.2. The third-order valence-electron chi connectivity index (χ3n) is 11.3. The maximum Gasteiger partial charge on any atom is 0.164 e. The Kier molecular flexibility index (Phi) is 7.19. The molecular formula is C52H32N4O2. The first-order chi connectivity index (χ1) is 28.7. The molecule has 0 atom stereocenters. The summed E-state index contributed by atoms with van der Waals surface area (Å²) in [6.07, 6.45) is 0.485. The Morgan fingerprint density at radius 2 is 1.02 bits per heavy atom. The second-order valence-corrected chi connectivity index (χ2v) is 14.7. The summed E-state index contributed by atoms with van der Waals surface area (Å²) in [4.78, 5) is 15.3. The van der Waals surface area contributed by atoms with Crippen molar-refractivity contribution in [1.82, 2.24) is 19.5 Å². The minimum Gasteiger partial charge on any atom is -0.456 e. The minimum atomic E-state index is 0.485. The van der Waals surface area contributed by atoms with Gasteiger partial charge in [-0.25, -0.2) is 15.0 Å². The molecule has 8 aromatic carbocycles. The van der Waals surface area contributed by atoms with Crippen molar-refractivity contribution >= 4 is 65.7 Å². The molecule has 4 heterocycles. The number of hydrogen-bond acceptors (Lipinski definition) is 5. The number of nitrogens with zero attached hydrogens (tertiary/aromatic N) is 4. The lowest BCUT2D eigenvalue weighted by Crippen LogP contribution is -2.04. The molecule has 0 radical (unpaired) electrons. The summed E-state index contributed by atoms with van der Waals surface area (Å²) in [5.74, 6) is 1.91. The molecule has 58 heavy (non-hydrogen) atoms. The number of furan rings is 2. The number of fused-ring (bicyclic) bond motifs is 9. The fourth-order valence-electron chi connectivity index (χ4n) is 8.70. The highest BCUT2D eigenvalue weighted by Gasteiger charge is 2.20. The number of rotatable bonds is 6. The summed E-state index contributed by atoms with van der Waals surface area (Å²) in [5, 5.41) is 6.59. The van der Waals surface area contributed by atoms with Crippen LogP contribution >= 0.6 is 0 Å². The van der Waals surface area contributed by atoms with Gasteiger partial charge in [0.25, 0.3) is 0 Å². The SMILES string of the molecule is c1ccc(-c2nc(Cc3cccc4oc5ccc(-c6ccc7c(c6)c6ccccc6n7-c6ccccc6)cc5c34)nc(-c3cccc4oc5ccccc5c34)n2)cc1. The highest BCUT2D eigenvalue weighted by atomic mass is 16.3. The van der Waals surface area contributed by atoms with Crippen molar-refractivity contribution in [2.24, 2.45) is 0 Å². The van der Waals surface area contributed by atoms with Gasteiger partial charge in [-0.15, -0.1) is 0 Å². The molecule has 0 amide bonds. The van der Waals surface area contributed by atoms with Gasteiger partial charge in [0.1, 0.15) is 28.2 Å². The molecule has 0 bridgehead atoms. The van der Waals surface area contributed by atoms with E-state index in [9.17, 15) is 0 Å². The van der Waals surface area contributed by atoms with E-state index in [0.29, 0.717) is 23.9 Å². The molecule has 6 nitrogen and oxygen atoms in total. The molecule has 0 unspecified atom stereocenters. The fourth-order valence-corrected chi connectivity index (χ4v) is 8.70. The summed E-state index contributed by atoms with van der Waals surface area (Å²) >= 11 is 0. The molecule has 12 aromatic rings. The van der Waals surface area contributed by atoms with E-state index in [1.165, 1.54) is 21.8 Å². The number of para-hydroxylation sites is 3. The monoisotopic (exact) mass is 744 g/mol. The minimum absolute atomic E-state index is 0.485. The second-order valence-electron chi connectivity index (χ2n) is 14.7. The first kappa shape index (κ1) is 32.4. The van der Waals surface area contributed by atoms with E-state index in [1.807, 2.05) is 66.7 Å². The van der Waals surface area contributed by atoms with Crippen LogP contribution in [0, 0.1) is 0 Å². The smallest absolute Gasteiger partial charge is 0.164 e. The van der Waals surface area contributed by atoms with Crippen molar-refractivity contribution < 1.29 is 8.83 Å². The summed E-state index contributed by atoms with van der Waals surface area (Å²) in [5.41, 5.74) is 12.0. The molecule has 0 saturated carbocycles. The second kappa shape index (κ2) is 12.9. The number of aromatic nitrogens is 4. The van der Waals surface area contributed by atoms with Gasteiger partial charge in [-0.05, 0) is 77.4 Å². The predicted molar refractivity (Wildman–Crippen MR) is 234 cm³/mol. The topological polar surface area (TPSA) is 69.9 Å². The van der Waals surface area contributed by atoms with Gasteiger partial charge < -0.3 is 13.4 Å². The lowest BCUT2D eigenvalue weighted by molar-refractivity contribution is 0.668. The van der Waals surface area contributed by atoms with Crippen LogP contribution in [0.15, 0.2) is 191 Å². The summed E-state index contributed by atoms with van der Waals surface area (Å²) in [6, 6.07) is 63.1. The Balaban J connectivity index is 0.999. The molecular weight excluding hydrogens is 713 g/mol. The summed E-state index contributed by atoms with van der Waals surface area (Å²) in [7, 11) is 0. The third kappa shape index (κ3) is 5.16. The van der Waals surface area contributed by atoms with Crippen LogP contribution < -0.4 is 0 Å². The van der Waals surface area contributed by atoms with E-state index in [-0.39, 0.29) is 0 Å². The van der Waals surface area contributed by atoms with Crippen LogP contribution in [0.3, 0.4) is 0 Å². The van der Waals surface area contributed by atoms with Crippen LogP contribution in [-0.4, -0.2) is 19.5 Å². The maximum absolute atomic E-state index is 6.50. The largest absolute Gasteiger partial charge is 0.456 e. The molecule has 6 heteroatoms. The predicted octanol–water partition coefficient (Wildman–Crippen LogP) is 13.4. The Bertz CT molecular complexity index is 3540. The van der Waals surface area contributed by atoms with Gasteiger partial charge in [0, 0.05) is 55.6 Å². The summed E-state index contributed by atoms with van der Waals surface area (Å²) < 4.78 is 15.1. The van der Waals surface area contributed by atoms with Crippen molar-refractivity contribution in [2.75, 3.05) is 0 Å². The average Bonchev–Trinajstić information content (AvgIpc) is 3.96. The number of benzene rings is 8. The zero-order valence-electron chi connectivity index (χ0n) is 31.1. The molecule has 0 aliphatic carbocycles. The fraction of sp³-hybridized carbons (Fsp3) is 0.0192. The summed E-state index contributed by atoms with van der Waals surface area (Å²) in [6.45, 7) is 0. The van der Waals surface area contributed by atoms with Crippen LogP contribution in [0.4, 0.5) is 0 Å². The van der Waals surface area contributed by atoms with Crippen molar-refractivity contribution in [3.8, 4) is 39.6 Å². The lowest BCUT2D eigenvalue weighted by Gasteiger charge is -2.10. The first-order valence-electron chi connectivity index (χ1n) is 19.5. The van der Waals surface area contributed by atoms with Gasteiger partial charge in [-0.1, -0.05) is 121 Å². The maximum atomic E-state index is 6.50. The van der Waals surface area contributed by atoms with Gasteiger partial charge >= 0.3 is 0 Å². The Labute approximate surface area is 332 Å². The Morgan fingerprint density at radius 3 is 1.86 bits per heavy atom. The van der Waals surface area contributed by atoms with E-state index in [0.717, 1.165) is 77.4 Å². The Hall–Kier alpha value is -7.83. The Morgan fingerprint density at radius 1 is 0.397 bits per heavy atom. The lowest BCUT2D eigenvalue weighted by atomic mass is 9.98. The van der Waals surface area contributed by atoms with Gasteiger partial charge in [-0.3, -0.25) is 0 Å². The van der Waals surface area contributed by atoms with Gasteiger partial charge in [0.2, 0.25) is 0 Å². The van der Waals surface area contributed by atoms with Crippen LogP contribution in [0.5, 0.6) is 0 Å². The highest BCUT2D eigenvalue weighted by molar-refractivity contribution is 6.13. The quantitative estimate of drug-likeness (QED) is 0.170. The van der Waals surface area contributed by atoms with E-state index in [1.54, 1.807) is 0 Å². The number of hydrogen-bond donors (Lipinski definition) is 0. The molecule has 0 aliphatic rings. The van der Waals surface area contributed by atoms with E-state index in [2.05, 4.69) is 120 Å². The van der Waals surface area contributed by atoms with Crippen LogP contribution in [0.2, 0.25) is 0 Å². The molecule has 12 rings (SSSR count). The van der Waals surface area contributed by atoms with Crippen molar-refractivity contribution in [1.29, 1.82) is 0 Å².